The maximum atomic E-state index is 13.1. The number of rotatable bonds is 8. The van der Waals surface area contributed by atoms with Crippen molar-refractivity contribution in [2.45, 2.75) is 96.8 Å². The van der Waals surface area contributed by atoms with Crippen molar-refractivity contribution in [1.29, 1.82) is 5.26 Å². The predicted octanol–water partition coefficient (Wildman–Crippen LogP) is 7.34. The number of hydrogen-bond acceptors (Lipinski definition) is 1. The minimum absolute atomic E-state index is 0.306. The fourth-order valence-electron chi connectivity index (χ4n) is 5.01. The molecule has 0 unspecified atom stereocenters. The van der Waals surface area contributed by atoms with Crippen LogP contribution in [-0.4, -0.2) is 0 Å². The third-order valence-electron chi connectivity index (χ3n) is 6.58. The van der Waals surface area contributed by atoms with Crippen LogP contribution < -0.4 is 0 Å². The van der Waals surface area contributed by atoms with Crippen LogP contribution in [0, 0.1) is 35.0 Å². The van der Waals surface area contributed by atoms with Crippen molar-refractivity contribution in [3.63, 3.8) is 0 Å². The first-order chi connectivity index (χ1) is 11.7. The minimum Gasteiger partial charge on any atom is -0.195 e. The maximum Gasteiger partial charge on any atom is 0.196 e. The van der Waals surface area contributed by atoms with E-state index in [1.807, 2.05) is 0 Å². The monoisotopic (exact) mass is 333 g/mol. The van der Waals surface area contributed by atoms with Crippen molar-refractivity contribution in [3.05, 3.63) is 11.9 Å². The molecule has 0 aromatic heterocycles. The lowest BCUT2D eigenvalue weighted by Crippen LogP contribution is -2.25. The highest BCUT2D eigenvalue weighted by Gasteiger charge is 2.30. The Balaban J connectivity index is 1.61. The molecule has 0 amide bonds. The van der Waals surface area contributed by atoms with E-state index in [0.717, 1.165) is 30.6 Å². The molecule has 2 aliphatic carbocycles. The summed E-state index contributed by atoms with van der Waals surface area (Å²) in [5.74, 6) is 2.50. The van der Waals surface area contributed by atoms with E-state index in [1.54, 1.807) is 12.1 Å². The second-order valence-electron chi connectivity index (χ2n) is 8.28. The summed E-state index contributed by atoms with van der Waals surface area (Å²) in [6.45, 7) is 2.28. The minimum atomic E-state index is -0.585. The smallest absolute Gasteiger partial charge is 0.195 e. The highest BCUT2D eigenvalue weighted by atomic mass is 19.1. The highest BCUT2D eigenvalue weighted by molar-refractivity contribution is 5.13. The Morgan fingerprint density at radius 3 is 2.08 bits per heavy atom. The van der Waals surface area contributed by atoms with E-state index < -0.39 is 5.83 Å². The summed E-state index contributed by atoms with van der Waals surface area (Å²) in [5, 5.41) is 8.56. The first kappa shape index (κ1) is 19.5. The first-order valence-corrected chi connectivity index (χ1v) is 10.5. The Hall–Kier alpha value is -0.840. The highest BCUT2D eigenvalue weighted by Crippen LogP contribution is 2.42. The maximum absolute atomic E-state index is 13.1. The molecule has 0 heterocycles. The zero-order valence-corrected chi connectivity index (χ0v) is 15.6. The van der Waals surface area contributed by atoms with Crippen molar-refractivity contribution >= 4 is 0 Å². The lowest BCUT2D eigenvalue weighted by molar-refractivity contribution is 0.151. The van der Waals surface area contributed by atoms with E-state index in [1.165, 1.54) is 77.0 Å². The zero-order valence-electron chi connectivity index (χ0n) is 15.6. The van der Waals surface area contributed by atoms with Crippen molar-refractivity contribution in [1.82, 2.24) is 0 Å². The van der Waals surface area contributed by atoms with Gasteiger partial charge in [-0.15, -0.1) is 0 Å². The molecule has 2 aliphatic rings. The number of halogens is 1. The van der Waals surface area contributed by atoms with Crippen LogP contribution in [0.5, 0.6) is 0 Å². The molecular weight excluding hydrogens is 297 g/mol. The van der Waals surface area contributed by atoms with Gasteiger partial charge in [0, 0.05) is 0 Å². The number of nitrogens with zero attached hydrogens (tertiary/aromatic N) is 1. The van der Waals surface area contributed by atoms with Gasteiger partial charge in [0.25, 0.3) is 0 Å². The number of nitriles is 1. The van der Waals surface area contributed by atoms with Crippen LogP contribution in [0.25, 0.3) is 0 Å². The Morgan fingerprint density at radius 2 is 1.50 bits per heavy atom. The van der Waals surface area contributed by atoms with Crippen LogP contribution in [0.2, 0.25) is 0 Å². The van der Waals surface area contributed by atoms with Gasteiger partial charge in [0.1, 0.15) is 6.07 Å². The number of allylic oxidation sites excluding steroid dienone is 2. The standard InChI is InChI=1S/C22H36FN/c1-2-3-4-5-6-7-18-8-12-20(13-9-18)21-14-10-19(11-15-21)16-22(23)17-24/h16,18-21H,2-15H2,1H3. The van der Waals surface area contributed by atoms with E-state index >= 15 is 0 Å². The van der Waals surface area contributed by atoms with E-state index in [9.17, 15) is 4.39 Å². The quantitative estimate of drug-likeness (QED) is 0.337. The summed E-state index contributed by atoms with van der Waals surface area (Å²) in [4.78, 5) is 0. The van der Waals surface area contributed by atoms with Gasteiger partial charge in [0.2, 0.25) is 0 Å². The van der Waals surface area contributed by atoms with Gasteiger partial charge in [-0.2, -0.15) is 9.65 Å². The van der Waals surface area contributed by atoms with Crippen LogP contribution in [0.3, 0.4) is 0 Å². The topological polar surface area (TPSA) is 23.8 Å². The molecule has 2 saturated carbocycles. The number of hydrogen-bond donors (Lipinski definition) is 0. The second kappa shape index (κ2) is 10.9. The molecule has 0 aromatic carbocycles. The molecule has 2 heteroatoms. The molecule has 0 radical (unpaired) electrons. The van der Waals surface area contributed by atoms with Gasteiger partial charge in [-0.05, 0) is 68.3 Å². The summed E-state index contributed by atoms with van der Waals surface area (Å²) >= 11 is 0. The van der Waals surface area contributed by atoms with Crippen molar-refractivity contribution in [2.75, 3.05) is 0 Å². The van der Waals surface area contributed by atoms with Gasteiger partial charge in [0.15, 0.2) is 5.83 Å². The van der Waals surface area contributed by atoms with Gasteiger partial charge < -0.3 is 0 Å². The van der Waals surface area contributed by atoms with Crippen LogP contribution in [-0.2, 0) is 0 Å². The van der Waals surface area contributed by atoms with Crippen molar-refractivity contribution in [3.8, 4) is 6.07 Å². The SMILES string of the molecule is CCCCCCCC1CCC(C2CCC(C=C(F)C#N)CC2)CC1. The summed E-state index contributed by atoms with van der Waals surface area (Å²) in [5.41, 5.74) is 0. The van der Waals surface area contributed by atoms with Crippen LogP contribution >= 0.6 is 0 Å². The van der Waals surface area contributed by atoms with Gasteiger partial charge in [0.05, 0.1) is 0 Å². The third-order valence-corrected chi connectivity index (χ3v) is 6.58. The summed E-state index contributed by atoms with van der Waals surface area (Å²) in [7, 11) is 0. The molecule has 0 bridgehead atoms. The fourth-order valence-corrected chi connectivity index (χ4v) is 5.01. The predicted molar refractivity (Wildman–Crippen MR) is 99.1 cm³/mol. The molecular formula is C22H36FN. The summed E-state index contributed by atoms with van der Waals surface area (Å²) in [6, 6.07) is 1.61. The average molecular weight is 334 g/mol. The molecule has 1 nitrogen and oxygen atoms in total. The number of unbranched alkanes of at least 4 members (excludes halogenated alkanes) is 4. The second-order valence-corrected chi connectivity index (χ2v) is 8.28. The van der Waals surface area contributed by atoms with Gasteiger partial charge in [-0.25, -0.2) is 0 Å². The zero-order chi connectivity index (χ0) is 17.2. The Bertz CT molecular complexity index is 406. The molecule has 0 aromatic rings. The lowest BCUT2D eigenvalue weighted by atomic mass is 9.68. The molecule has 0 spiro atoms. The Morgan fingerprint density at radius 1 is 0.917 bits per heavy atom. The summed E-state index contributed by atoms with van der Waals surface area (Å²) in [6.07, 6.45) is 20.5. The molecule has 0 atom stereocenters. The van der Waals surface area contributed by atoms with Crippen LogP contribution in [0.15, 0.2) is 11.9 Å². The van der Waals surface area contributed by atoms with Crippen molar-refractivity contribution in [2.24, 2.45) is 23.7 Å². The van der Waals surface area contributed by atoms with E-state index in [0.29, 0.717) is 5.92 Å². The molecule has 0 aliphatic heterocycles. The molecule has 0 saturated heterocycles. The Kier molecular flexibility index (Phi) is 8.86. The molecule has 0 N–H and O–H groups in total. The van der Waals surface area contributed by atoms with E-state index in [-0.39, 0.29) is 0 Å². The van der Waals surface area contributed by atoms with Crippen LogP contribution in [0.1, 0.15) is 96.8 Å². The molecule has 2 fully saturated rings. The van der Waals surface area contributed by atoms with Crippen LogP contribution in [0.4, 0.5) is 4.39 Å². The van der Waals surface area contributed by atoms with Gasteiger partial charge >= 0.3 is 0 Å². The summed E-state index contributed by atoms with van der Waals surface area (Å²) < 4.78 is 13.1. The normalized spacial score (nSPS) is 31.6. The van der Waals surface area contributed by atoms with Crippen molar-refractivity contribution < 1.29 is 4.39 Å². The Labute approximate surface area is 148 Å². The van der Waals surface area contributed by atoms with Gasteiger partial charge in [-0.1, -0.05) is 58.3 Å². The largest absolute Gasteiger partial charge is 0.196 e. The lowest BCUT2D eigenvalue weighted by Gasteiger charge is -2.37. The van der Waals surface area contributed by atoms with E-state index in [4.69, 9.17) is 5.26 Å². The fraction of sp³-hybridized carbons (Fsp3) is 0.864. The van der Waals surface area contributed by atoms with Gasteiger partial charge in [-0.3, -0.25) is 0 Å². The molecule has 136 valence electrons. The molecule has 24 heavy (non-hydrogen) atoms. The molecule has 2 rings (SSSR count). The average Bonchev–Trinajstić information content (AvgIpc) is 2.63. The first-order valence-electron chi connectivity index (χ1n) is 10.5. The van der Waals surface area contributed by atoms with E-state index in [2.05, 4.69) is 6.92 Å². The third kappa shape index (κ3) is 6.58.